The Labute approximate surface area is 145 Å². The maximum atomic E-state index is 5.80. The SMILES string of the molecule is CN=C(NCc1ccc(CN2CC(C)OC(C)C2)cc1)NC1CC1. The van der Waals surface area contributed by atoms with E-state index < -0.39 is 0 Å². The molecule has 2 unspecified atom stereocenters. The van der Waals surface area contributed by atoms with Gasteiger partial charge in [0.05, 0.1) is 12.2 Å². The summed E-state index contributed by atoms with van der Waals surface area (Å²) in [7, 11) is 1.82. The molecule has 0 aromatic heterocycles. The van der Waals surface area contributed by atoms with Gasteiger partial charge in [0, 0.05) is 39.3 Å². The Balaban J connectivity index is 1.47. The van der Waals surface area contributed by atoms with Crippen LogP contribution in [0.4, 0.5) is 0 Å². The molecule has 0 amide bonds. The van der Waals surface area contributed by atoms with Crippen LogP contribution in [0.5, 0.6) is 0 Å². The van der Waals surface area contributed by atoms with Crippen LogP contribution in [0.3, 0.4) is 0 Å². The van der Waals surface area contributed by atoms with Crippen molar-refractivity contribution in [3.8, 4) is 0 Å². The molecule has 5 nitrogen and oxygen atoms in total. The molecule has 2 atom stereocenters. The van der Waals surface area contributed by atoms with Crippen LogP contribution in [0.1, 0.15) is 37.8 Å². The second-order valence-electron chi connectivity index (χ2n) is 7.11. The Morgan fingerprint density at radius 3 is 2.33 bits per heavy atom. The van der Waals surface area contributed by atoms with Gasteiger partial charge in [0.1, 0.15) is 0 Å². The molecule has 1 saturated heterocycles. The van der Waals surface area contributed by atoms with Crippen molar-refractivity contribution in [3.05, 3.63) is 35.4 Å². The number of hydrogen-bond donors (Lipinski definition) is 2. The van der Waals surface area contributed by atoms with Crippen molar-refractivity contribution in [2.45, 2.75) is 58.0 Å². The van der Waals surface area contributed by atoms with E-state index >= 15 is 0 Å². The quantitative estimate of drug-likeness (QED) is 0.641. The van der Waals surface area contributed by atoms with Crippen molar-refractivity contribution < 1.29 is 4.74 Å². The first-order chi connectivity index (χ1) is 11.6. The van der Waals surface area contributed by atoms with E-state index in [0.29, 0.717) is 18.2 Å². The lowest BCUT2D eigenvalue weighted by Crippen LogP contribution is -2.44. The maximum Gasteiger partial charge on any atom is 0.191 e. The van der Waals surface area contributed by atoms with Crippen molar-refractivity contribution in [2.24, 2.45) is 4.99 Å². The molecular weight excluding hydrogens is 300 g/mol. The van der Waals surface area contributed by atoms with Gasteiger partial charge in [0.2, 0.25) is 0 Å². The first-order valence-electron chi connectivity index (χ1n) is 9.05. The highest BCUT2D eigenvalue weighted by Crippen LogP contribution is 2.18. The lowest BCUT2D eigenvalue weighted by atomic mass is 10.1. The van der Waals surface area contributed by atoms with Crippen molar-refractivity contribution in [3.63, 3.8) is 0 Å². The van der Waals surface area contributed by atoms with Crippen LogP contribution in [0.25, 0.3) is 0 Å². The van der Waals surface area contributed by atoms with E-state index in [1.807, 2.05) is 7.05 Å². The fourth-order valence-corrected chi connectivity index (χ4v) is 3.24. The summed E-state index contributed by atoms with van der Waals surface area (Å²) in [6, 6.07) is 9.51. The predicted molar refractivity (Wildman–Crippen MR) is 98.1 cm³/mol. The molecule has 1 heterocycles. The van der Waals surface area contributed by atoms with Crippen LogP contribution >= 0.6 is 0 Å². The number of morpholine rings is 1. The third-order valence-corrected chi connectivity index (χ3v) is 4.53. The molecule has 1 saturated carbocycles. The monoisotopic (exact) mass is 330 g/mol. The summed E-state index contributed by atoms with van der Waals surface area (Å²) < 4.78 is 5.80. The molecular formula is C19H30N4O. The summed E-state index contributed by atoms with van der Waals surface area (Å²) >= 11 is 0. The van der Waals surface area contributed by atoms with E-state index in [4.69, 9.17) is 4.74 Å². The average Bonchev–Trinajstić information content (AvgIpc) is 3.36. The lowest BCUT2D eigenvalue weighted by Gasteiger charge is -2.35. The summed E-state index contributed by atoms with van der Waals surface area (Å²) in [5.41, 5.74) is 2.64. The smallest absolute Gasteiger partial charge is 0.191 e. The number of rotatable bonds is 5. The molecule has 5 heteroatoms. The molecule has 2 N–H and O–H groups in total. The van der Waals surface area contributed by atoms with Crippen LogP contribution in [-0.4, -0.2) is 49.2 Å². The van der Waals surface area contributed by atoms with E-state index in [-0.39, 0.29) is 0 Å². The molecule has 2 fully saturated rings. The van der Waals surface area contributed by atoms with Gasteiger partial charge in [-0.1, -0.05) is 24.3 Å². The summed E-state index contributed by atoms with van der Waals surface area (Å²) in [6.45, 7) is 8.13. The molecule has 132 valence electrons. The Morgan fingerprint density at radius 2 is 1.75 bits per heavy atom. The van der Waals surface area contributed by atoms with Gasteiger partial charge in [-0.3, -0.25) is 9.89 Å². The van der Waals surface area contributed by atoms with Crippen molar-refractivity contribution in [1.29, 1.82) is 0 Å². The second kappa shape index (κ2) is 7.99. The van der Waals surface area contributed by atoms with E-state index in [0.717, 1.165) is 32.1 Å². The zero-order valence-electron chi connectivity index (χ0n) is 15.1. The Bertz CT molecular complexity index is 543. The van der Waals surface area contributed by atoms with E-state index in [2.05, 4.69) is 58.6 Å². The summed E-state index contributed by atoms with van der Waals surface area (Å²) in [6.07, 6.45) is 3.16. The number of nitrogens with one attached hydrogen (secondary N) is 2. The van der Waals surface area contributed by atoms with Crippen molar-refractivity contribution in [1.82, 2.24) is 15.5 Å². The number of guanidine groups is 1. The molecule has 0 radical (unpaired) electrons. The normalized spacial score (nSPS) is 25.5. The average molecular weight is 330 g/mol. The topological polar surface area (TPSA) is 48.9 Å². The maximum absolute atomic E-state index is 5.80. The van der Waals surface area contributed by atoms with Gasteiger partial charge in [-0.05, 0) is 37.8 Å². The molecule has 0 spiro atoms. The Morgan fingerprint density at radius 1 is 1.12 bits per heavy atom. The van der Waals surface area contributed by atoms with E-state index in [9.17, 15) is 0 Å². The highest BCUT2D eigenvalue weighted by atomic mass is 16.5. The zero-order valence-corrected chi connectivity index (χ0v) is 15.1. The van der Waals surface area contributed by atoms with Gasteiger partial charge in [-0.15, -0.1) is 0 Å². The molecule has 24 heavy (non-hydrogen) atoms. The number of benzene rings is 1. The highest BCUT2D eigenvalue weighted by Gasteiger charge is 2.22. The van der Waals surface area contributed by atoms with Gasteiger partial charge < -0.3 is 15.4 Å². The first-order valence-corrected chi connectivity index (χ1v) is 9.05. The third-order valence-electron chi connectivity index (χ3n) is 4.53. The summed E-state index contributed by atoms with van der Waals surface area (Å²) in [4.78, 5) is 6.75. The summed E-state index contributed by atoms with van der Waals surface area (Å²) in [5.74, 6) is 0.901. The second-order valence-corrected chi connectivity index (χ2v) is 7.11. The largest absolute Gasteiger partial charge is 0.373 e. The lowest BCUT2D eigenvalue weighted by molar-refractivity contribution is -0.0704. The predicted octanol–water partition coefficient (Wildman–Crippen LogP) is 2.12. The number of ether oxygens (including phenoxy) is 1. The van der Waals surface area contributed by atoms with E-state index in [1.165, 1.54) is 24.0 Å². The molecule has 1 aliphatic carbocycles. The highest BCUT2D eigenvalue weighted by molar-refractivity contribution is 5.80. The summed E-state index contributed by atoms with van der Waals surface area (Å²) in [5, 5.41) is 6.79. The molecule has 1 aromatic rings. The molecule has 2 aliphatic rings. The standard InChI is InChI=1S/C19H30N4O/c1-14-11-23(12-15(2)24-14)13-17-6-4-16(5-7-17)10-21-19(20-3)22-18-8-9-18/h4-7,14-15,18H,8-13H2,1-3H3,(H2,20,21,22). The van der Waals surface area contributed by atoms with Crippen LogP contribution in [0.15, 0.2) is 29.3 Å². The molecule has 3 rings (SSSR count). The fraction of sp³-hybridized carbons (Fsp3) is 0.632. The van der Waals surface area contributed by atoms with Gasteiger partial charge >= 0.3 is 0 Å². The number of aliphatic imine (C=N–C) groups is 1. The van der Waals surface area contributed by atoms with Crippen molar-refractivity contribution >= 4 is 5.96 Å². The fourth-order valence-electron chi connectivity index (χ4n) is 3.24. The zero-order chi connectivity index (χ0) is 16.9. The number of nitrogens with zero attached hydrogens (tertiary/aromatic N) is 2. The molecule has 1 aliphatic heterocycles. The van der Waals surface area contributed by atoms with Gasteiger partial charge in [0.25, 0.3) is 0 Å². The Kier molecular flexibility index (Phi) is 5.74. The molecule has 0 bridgehead atoms. The minimum atomic E-state index is 0.322. The van der Waals surface area contributed by atoms with Gasteiger partial charge in [-0.25, -0.2) is 0 Å². The van der Waals surface area contributed by atoms with Crippen LogP contribution in [-0.2, 0) is 17.8 Å². The van der Waals surface area contributed by atoms with Crippen LogP contribution in [0, 0.1) is 0 Å². The van der Waals surface area contributed by atoms with Gasteiger partial charge in [0.15, 0.2) is 5.96 Å². The number of hydrogen-bond acceptors (Lipinski definition) is 3. The van der Waals surface area contributed by atoms with Crippen LogP contribution in [0.2, 0.25) is 0 Å². The minimum absolute atomic E-state index is 0.322. The van der Waals surface area contributed by atoms with E-state index in [1.54, 1.807) is 0 Å². The van der Waals surface area contributed by atoms with Crippen molar-refractivity contribution in [2.75, 3.05) is 20.1 Å². The van der Waals surface area contributed by atoms with Crippen LogP contribution < -0.4 is 10.6 Å². The van der Waals surface area contributed by atoms with Gasteiger partial charge in [-0.2, -0.15) is 0 Å². The minimum Gasteiger partial charge on any atom is -0.373 e. The Hall–Kier alpha value is -1.59. The molecule has 1 aromatic carbocycles. The first kappa shape index (κ1) is 17.2. The third kappa shape index (κ3) is 5.21.